The highest BCUT2D eigenvalue weighted by molar-refractivity contribution is 6.12. The average molecular weight is 543 g/mol. The Morgan fingerprint density at radius 2 is 1.10 bits per heavy atom. The topological polar surface area (TPSA) is 112 Å². The molecule has 206 valence electrons. The number of methoxy groups -OCH3 is 4. The number of carbonyl (C=O) groups is 2. The Kier molecular flexibility index (Phi) is 10.3. The largest absolute Gasteiger partial charge is 0.507 e. The van der Waals surface area contributed by atoms with Gasteiger partial charge in [0.25, 0.3) is 0 Å². The van der Waals surface area contributed by atoms with Gasteiger partial charge in [-0.25, -0.2) is 0 Å². The van der Waals surface area contributed by atoms with Crippen molar-refractivity contribution in [3.63, 3.8) is 0 Å². The molecule has 4 rings (SSSR count). The minimum Gasteiger partial charge on any atom is -0.507 e. The Labute approximate surface area is 232 Å². The fourth-order valence-electron chi connectivity index (χ4n) is 3.74. The van der Waals surface area contributed by atoms with Crippen LogP contribution in [0.15, 0.2) is 91.0 Å². The summed E-state index contributed by atoms with van der Waals surface area (Å²) >= 11 is 0. The number of carbonyl (C=O) groups excluding carboxylic acids is 2. The number of rotatable bonds is 9. The number of ketones is 2. The molecule has 0 aliphatic heterocycles. The van der Waals surface area contributed by atoms with Gasteiger partial charge in [-0.3, -0.25) is 9.59 Å². The summed E-state index contributed by atoms with van der Waals surface area (Å²) in [6.45, 7) is 0. The van der Waals surface area contributed by atoms with Gasteiger partial charge in [0.2, 0.25) is 5.78 Å². The number of hydrogen-bond acceptors (Lipinski definition) is 8. The van der Waals surface area contributed by atoms with Crippen LogP contribution in [0.3, 0.4) is 0 Å². The molecule has 0 unspecified atom stereocenters. The first-order chi connectivity index (χ1) is 19.3. The fraction of sp³-hybridized carbons (Fsp3) is 0.125. The van der Waals surface area contributed by atoms with Crippen molar-refractivity contribution in [2.45, 2.75) is 0 Å². The van der Waals surface area contributed by atoms with Gasteiger partial charge in [0, 0.05) is 29.8 Å². The Balaban J connectivity index is 0.000000222. The van der Waals surface area contributed by atoms with Gasteiger partial charge in [-0.1, -0.05) is 66.7 Å². The molecule has 0 aromatic heterocycles. The van der Waals surface area contributed by atoms with E-state index in [1.54, 1.807) is 42.5 Å². The normalized spacial score (nSPS) is 10.3. The first kappa shape index (κ1) is 29.3. The average Bonchev–Trinajstić information content (AvgIpc) is 2.99. The van der Waals surface area contributed by atoms with E-state index in [4.69, 9.17) is 18.9 Å². The summed E-state index contributed by atoms with van der Waals surface area (Å²) in [5.74, 6) is 0.444. The predicted molar refractivity (Wildman–Crippen MR) is 152 cm³/mol. The highest BCUT2D eigenvalue weighted by atomic mass is 16.5. The molecule has 0 aliphatic carbocycles. The maximum atomic E-state index is 12.4. The summed E-state index contributed by atoms with van der Waals surface area (Å²) in [7, 11) is 5.83. The van der Waals surface area contributed by atoms with Gasteiger partial charge in [-0.2, -0.15) is 0 Å². The highest BCUT2D eigenvalue weighted by Crippen LogP contribution is 2.35. The fourth-order valence-corrected chi connectivity index (χ4v) is 3.74. The standard InChI is InChI=1S/C17H16O4.C15H14O4/c1-20-13-10-15(19)17(16(11-13)21-2)14(18)9-8-12-6-4-3-5-7-12;1-18-11-8-12(16)14(13(9-11)19-2)15(17)10-6-4-3-5-7-10/h3-11,19H,1-2H3;3-9,16H,1-2H3. The third-order valence-corrected chi connectivity index (χ3v) is 5.76. The van der Waals surface area contributed by atoms with E-state index in [1.807, 2.05) is 36.4 Å². The third-order valence-electron chi connectivity index (χ3n) is 5.76. The van der Waals surface area contributed by atoms with Crippen LogP contribution in [0.2, 0.25) is 0 Å². The number of aromatic hydroxyl groups is 2. The van der Waals surface area contributed by atoms with Gasteiger partial charge in [-0.05, 0) is 11.6 Å². The molecule has 4 aromatic rings. The van der Waals surface area contributed by atoms with Gasteiger partial charge in [0.1, 0.15) is 45.6 Å². The van der Waals surface area contributed by atoms with Crippen LogP contribution in [0, 0.1) is 0 Å². The second-order valence-electron chi connectivity index (χ2n) is 8.25. The van der Waals surface area contributed by atoms with Gasteiger partial charge >= 0.3 is 0 Å². The molecule has 0 spiro atoms. The Morgan fingerprint density at radius 3 is 1.60 bits per heavy atom. The molecular formula is C32H30O8. The quantitative estimate of drug-likeness (QED) is 0.197. The van der Waals surface area contributed by atoms with Crippen molar-refractivity contribution in [3.05, 3.63) is 113 Å². The lowest BCUT2D eigenvalue weighted by atomic mass is 10.0. The molecule has 0 atom stereocenters. The van der Waals surface area contributed by atoms with Crippen LogP contribution >= 0.6 is 0 Å². The van der Waals surface area contributed by atoms with E-state index in [0.717, 1.165) is 5.56 Å². The monoisotopic (exact) mass is 542 g/mol. The molecule has 0 bridgehead atoms. The minimum absolute atomic E-state index is 0.116. The molecular weight excluding hydrogens is 512 g/mol. The molecule has 2 N–H and O–H groups in total. The maximum Gasteiger partial charge on any atom is 0.200 e. The van der Waals surface area contributed by atoms with Crippen molar-refractivity contribution in [3.8, 4) is 34.5 Å². The zero-order valence-electron chi connectivity index (χ0n) is 22.6. The number of benzene rings is 4. The van der Waals surface area contributed by atoms with Crippen molar-refractivity contribution in [1.82, 2.24) is 0 Å². The third kappa shape index (κ3) is 7.20. The second kappa shape index (κ2) is 14.1. The van der Waals surface area contributed by atoms with Crippen LogP contribution in [-0.2, 0) is 0 Å². The molecule has 40 heavy (non-hydrogen) atoms. The molecule has 0 radical (unpaired) electrons. The molecule has 8 heteroatoms. The number of hydrogen-bond donors (Lipinski definition) is 2. The molecule has 0 saturated heterocycles. The number of phenols is 2. The van der Waals surface area contributed by atoms with E-state index < -0.39 is 0 Å². The van der Waals surface area contributed by atoms with Crippen LogP contribution in [0.5, 0.6) is 34.5 Å². The SMILES string of the molecule is COc1cc(O)c(C(=O)C=Cc2ccccc2)c(OC)c1.COc1cc(O)c(C(=O)c2ccccc2)c(OC)c1. The zero-order valence-corrected chi connectivity index (χ0v) is 22.6. The maximum absolute atomic E-state index is 12.4. The van der Waals surface area contributed by atoms with Gasteiger partial charge in [-0.15, -0.1) is 0 Å². The van der Waals surface area contributed by atoms with E-state index in [0.29, 0.717) is 17.1 Å². The second-order valence-corrected chi connectivity index (χ2v) is 8.25. The molecule has 0 fully saturated rings. The lowest BCUT2D eigenvalue weighted by molar-refractivity contribution is 0.102. The molecule has 0 amide bonds. The first-order valence-corrected chi connectivity index (χ1v) is 12.1. The lowest BCUT2D eigenvalue weighted by Gasteiger charge is -2.11. The summed E-state index contributed by atoms with van der Waals surface area (Å²) in [5.41, 5.74) is 1.64. The van der Waals surface area contributed by atoms with Crippen LogP contribution in [0.4, 0.5) is 0 Å². The molecule has 8 nitrogen and oxygen atoms in total. The van der Waals surface area contributed by atoms with E-state index >= 15 is 0 Å². The van der Waals surface area contributed by atoms with Crippen molar-refractivity contribution >= 4 is 17.6 Å². The molecule has 4 aromatic carbocycles. The molecule has 0 aliphatic rings. The number of allylic oxidation sites excluding steroid dienone is 1. The van der Waals surface area contributed by atoms with Crippen molar-refractivity contribution in [2.24, 2.45) is 0 Å². The summed E-state index contributed by atoms with van der Waals surface area (Å²) < 4.78 is 20.4. The molecule has 0 saturated carbocycles. The van der Waals surface area contributed by atoms with Gasteiger partial charge in [0.15, 0.2) is 5.78 Å². The highest BCUT2D eigenvalue weighted by Gasteiger charge is 2.20. The predicted octanol–water partition coefficient (Wildman–Crippen LogP) is 5.95. The molecule has 0 heterocycles. The van der Waals surface area contributed by atoms with Gasteiger partial charge in [0.05, 0.1) is 28.4 Å². The van der Waals surface area contributed by atoms with Crippen LogP contribution in [0.1, 0.15) is 31.8 Å². The van der Waals surface area contributed by atoms with Crippen molar-refractivity contribution in [2.75, 3.05) is 28.4 Å². The summed E-state index contributed by atoms with van der Waals surface area (Å²) in [6.07, 6.45) is 3.09. The van der Waals surface area contributed by atoms with E-state index in [2.05, 4.69) is 0 Å². The zero-order chi connectivity index (χ0) is 29.1. The van der Waals surface area contributed by atoms with E-state index in [-0.39, 0.29) is 45.7 Å². The number of ether oxygens (including phenoxy) is 4. The minimum atomic E-state index is -0.337. The summed E-state index contributed by atoms with van der Waals surface area (Å²) in [4.78, 5) is 24.6. The van der Waals surface area contributed by atoms with Crippen LogP contribution in [-0.4, -0.2) is 50.2 Å². The Morgan fingerprint density at radius 1 is 0.625 bits per heavy atom. The number of phenolic OH excluding ortho intramolecular Hbond substituents is 2. The van der Waals surface area contributed by atoms with E-state index in [9.17, 15) is 19.8 Å². The Hall–Kier alpha value is -5.24. The summed E-state index contributed by atoms with van der Waals surface area (Å²) in [5, 5.41) is 20.0. The van der Waals surface area contributed by atoms with Crippen molar-refractivity contribution < 1.29 is 38.7 Å². The Bertz CT molecular complexity index is 1480. The van der Waals surface area contributed by atoms with Crippen LogP contribution in [0.25, 0.3) is 6.08 Å². The first-order valence-electron chi connectivity index (χ1n) is 12.1. The van der Waals surface area contributed by atoms with E-state index in [1.165, 1.54) is 46.6 Å². The summed E-state index contributed by atoms with van der Waals surface area (Å²) in [6, 6.07) is 24.1. The van der Waals surface area contributed by atoms with Gasteiger partial charge < -0.3 is 29.2 Å². The van der Waals surface area contributed by atoms with Crippen molar-refractivity contribution in [1.29, 1.82) is 0 Å². The smallest absolute Gasteiger partial charge is 0.200 e. The van der Waals surface area contributed by atoms with Crippen LogP contribution < -0.4 is 18.9 Å². The lowest BCUT2D eigenvalue weighted by Crippen LogP contribution is -2.04.